The van der Waals surface area contributed by atoms with Gasteiger partial charge in [-0.15, -0.1) is 0 Å². The van der Waals surface area contributed by atoms with Crippen LogP contribution < -0.4 is 5.32 Å². The van der Waals surface area contributed by atoms with Crippen molar-refractivity contribution in [1.82, 2.24) is 15.1 Å². The van der Waals surface area contributed by atoms with E-state index in [-0.39, 0.29) is 11.8 Å². The van der Waals surface area contributed by atoms with E-state index in [1.54, 1.807) is 13.0 Å². The van der Waals surface area contributed by atoms with Crippen molar-refractivity contribution in [3.8, 4) is 0 Å². The Bertz CT molecular complexity index is 841. The Morgan fingerprint density at radius 3 is 2.25 bits per heavy atom. The number of aryl methyl sites for hydroxylation is 2. The molecule has 5 nitrogen and oxygen atoms in total. The predicted octanol–water partition coefficient (Wildman–Crippen LogP) is 2.77. The van der Waals surface area contributed by atoms with E-state index in [9.17, 15) is 9.59 Å². The van der Waals surface area contributed by atoms with Gasteiger partial charge in [-0.05, 0) is 38.5 Å². The third kappa shape index (κ3) is 5.20. The summed E-state index contributed by atoms with van der Waals surface area (Å²) in [5.41, 5.74) is 4.18. The van der Waals surface area contributed by atoms with Gasteiger partial charge in [0.25, 0.3) is 5.91 Å². The first-order valence-electron chi connectivity index (χ1n) is 9.86. The zero-order valence-electron chi connectivity index (χ0n) is 16.9. The average molecular weight is 380 g/mol. The Morgan fingerprint density at radius 1 is 0.964 bits per heavy atom. The molecule has 0 aromatic heterocycles. The molecule has 3 rings (SSSR count). The van der Waals surface area contributed by atoms with Crippen molar-refractivity contribution < 1.29 is 9.59 Å². The molecule has 1 heterocycles. The highest BCUT2D eigenvalue weighted by Crippen LogP contribution is 2.11. The molecule has 2 aromatic carbocycles. The maximum Gasteiger partial charge on any atom is 0.251 e. The number of benzene rings is 2. The van der Waals surface area contributed by atoms with Crippen LogP contribution in [0.5, 0.6) is 0 Å². The lowest BCUT2D eigenvalue weighted by molar-refractivity contribution is -0.134. The van der Waals surface area contributed by atoms with Crippen LogP contribution in [0.25, 0.3) is 0 Å². The van der Waals surface area contributed by atoms with Crippen molar-refractivity contribution in [2.75, 3.05) is 26.2 Å². The highest BCUT2D eigenvalue weighted by Gasteiger charge is 2.26. The molecule has 1 N–H and O–H groups in total. The average Bonchev–Trinajstić information content (AvgIpc) is 2.68. The smallest absolute Gasteiger partial charge is 0.251 e. The van der Waals surface area contributed by atoms with Gasteiger partial charge in [0, 0.05) is 38.3 Å². The monoisotopic (exact) mass is 379 g/mol. The van der Waals surface area contributed by atoms with Gasteiger partial charge in [-0.25, -0.2) is 0 Å². The molecule has 0 unspecified atom stereocenters. The Labute approximate surface area is 167 Å². The predicted molar refractivity (Wildman–Crippen MR) is 111 cm³/mol. The third-order valence-corrected chi connectivity index (χ3v) is 5.17. The summed E-state index contributed by atoms with van der Waals surface area (Å²) >= 11 is 0. The number of nitrogens with zero attached hydrogens (tertiary/aromatic N) is 2. The van der Waals surface area contributed by atoms with E-state index in [0.29, 0.717) is 18.7 Å². The van der Waals surface area contributed by atoms with Crippen LogP contribution in [-0.4, -0.2) is 53.8 Å². The summed E-state index contributed by atoms with van der Waals surface area (Å²) in [5.74, 6) is -0.223. The van der Waals surface area contributed by atoms with Gasteiger partial charge in [-0.3, -0.25) is 14.5 Å². The largest absolute Gasteiger partial charge is 0.341 e. The zero-order chi connectivity index (χ0) is 20.1. The van der Waals surface area contributed by atoms with Gasteiger partial charge in [0.2, 0.25) is 5.91 Å². The molecule has 1 atom stereocenters. The van der Waals surface area contributed by atoms with Gasteiger partial charge < -0.3 is 10.2 Å². The summed E-state index contributed by atoms with van der Waals surface area (Å²) in [4.78, 5) is 29.3. The maximum atomic E-state index is 12.7. The van der Waals surface area contributed by atoms with Gasteiger partial charge in [0.05, 0.1) is 0 Å². The molecule has 0 aliphatic carbocycles. The first kappa shape index (κ1) is 20.1. The minimum absolute atomic E-state index is 0.0174. The summed E-state index contributed by atoms with van der Waals surface area (Å²) in [6.45, 7) is 9.79. The van der Waals surface area contributed by atoms with Crippen LogP contribution in [0.3, 0.4) is 0 Å². The molecule has 0 saturated carbocycles. The van der Waals surface area contributed by atoms with Crippen LogP contribution in [-0.2, 0) is 11.3 Å². The number of rotatable bonds is 5. The number of carbonyl (C=O) groups is 2. The summed E-state index contributed by atoms with van der Waals surface area (Å²) in [6.07, 6.45) is 0. The maximum absolute atomic E-state index is 12.7. The van der Waals surface area contributed by atoms with Gasteiger partial charge >= 0.3 is 0 Å². The van der Waals surface area contributed by atoms with Crippen LogP contribution in [0.1, 0.15) is 34.0 Å². The fourth-order valence-corrected chi connectivity index (χ4v) is 3.60. The van der Waals surface area contributed by atoms with Crippen molar-refractivity contribution in [1.29, 1.82) is 0 Å². The van der Waals surface area contributed by atoms with E-state index in [1.165, 1.54) is 11.1 Å². The highest BCUT2D eigenvalue weighted by atomic mass is 16.2. The summed E-state index contributed by atoms with van der Waals surface area (Å²) in [7, 11) is 0. The molecule has 2 aromatic rings. The summed E-state index contributed by atoms with van der Waals surface area (Å²) in [6, 6.07) is 15.4. The molecule has 0 bridgehead atoms. The fourth-order valence-electron chi connectivity index (χ4n) is 3.60. The Kier molecular flexibility index (Phi) is 6.47. The second-order valence-electron chi connectivity index (χ2n) is 7.66. The first-order chi connectivity index (χ1) is 13.4. The fraction of sp³-hybridized carbons (Fsp3) is 0.391. The molecule has 0 spiro atoms. The number of hydrogen-bond acceptors (Lipinski definition) is 3. The lowest BCUT2D eigenvalue weighted by Crippen LogP contribution is -2.53. The van der Waals surface area contributed by atoms with E-state index in [0.717, 1.165) is 25.2 Å². The molecule has 5 heteroatoms. The minimum atomic E-state index is -0.531. The zero-order valence-corrected chi connectivity index (χ0v) is 16.9. The topological polar surface area (TPSA) is 52.6 Å². The van der Waals surface area contributed by atoms with Crippen molar-refractivity contribution in [2.24, 2.45) is 0 Å². The van der Waals surface area contributed by atoms with E-state index in [2.05, 4.69) is 41.4 Å². The van der Waals surface area contributed by atoms with E-state index in [1.807, 2.05) is 30.0 Å². The second kappa shape index (κ2) is 9.02. The van der Waals surface area contributed by atoms with Gasteiger partial charge in [-0.2, -0.15) is 0 Å². The van der Waals surface area contributed by atoms with Gasteiger partial charge in [0.15, 0.2) is 0 Å². The lowest BCUT2D eigenvalue weighted by atomic mass is 10.1. The molecule has 0 radical (unpaired) electrons. The molecular weight excluding hydrogens is 350 g/mol. The van der Waals surface area contributed by atoms with Gasteiger partial charge in [-0.1, -0.05) is 47.5 Å². The summed E-state index contributed by atoms with van der Waals surface area (Å²) in [5, 5.41) is 2.83. The lowest BCUT2D eigenvalue weighted by Gasteiger charge is -2.36. The SMILES string of the molecule is Cc1cccc(CN2CCN(C(=O)[C@H](C)NC(=O)c3cccc(C)c3)CC2)c1. The Balaban J connectivity index is 1.49. The third-order valence-electron chi connectivity index (χ3n) is 5.17. The van der Waals surface area contributed by atoms with E-state index in [4.69, 9.17) is 0 Å². The number of amides is 2. The van der Waals surface area contributed by atoms with Crippen LogP contribution >= 0.6 is 0 Å². The molecule has 1 saturated heterocycles. The van der Waals surface area contributed by atoms with Crippen LogP contribution in [0.4, 0.5) is 0 Å². The van der Waals surface area contributed by atoms with Crippen LogP contribution in [0.15, 0.2) is 48.5 Å². The number of carbonyl (C=O) groups excluding carboxylic acids is 2. The molecule has 148 valence electrons. The van der Waals surface area contributed by atoms with E-state index >= 15 is 0 Å². The molecule has 1 fully saturated rings. The molecule has 28 heavy (non-hydrogen) atoms. The quantitative estimate of drug-likeness (QED) is 0.869. The van der Waals surface area contributed by atoms with E-state index < -0.39 is 6.04 Å². The van der Waals surface area contributed by atoms with Crippen molar-refractivity contribution >= 4 is 11.8 Å². The summed E-state index contributed by atoms with van der Waals surface area (Å²) < 4.78 is 0. The van der Waals surface area contributed by atoms with Crippen molar-refractivity contribution in [3.05, 3.63) is 70.8 Å². The minimum Gasteiger partial charge on any atom is -0.341 e. The normalized spacial score (nSPS) is 15.9. The first-order valence-corrected chi connectivity index (χ1v) is 9.86. The Morgan fingerprint density at radius 2 is 1.61 bits per heavy atom. The van der Waals surface area contributed by atoms with Crippen LogP contribution in [0, 0.1) is 13.8 Å². The number of hydrogen-bond donors (Lipinski definition) is 1. The molecular formula is C23H29N3O2. The number of piperazine rings is 1. The molecule has 1 aliphatic heterocycles. The Hall–Kier alpha value is -2.66. The van der Waals surface area contributed by atoms with Crippen molar-refractivity contribution in [2.45, 2.75) is 33.4 Å². The highest BCUT2D eigenvalue weighted by molar-refractivity contribution is 5.97. The second-order valence-corrected chi connectivity index (χ2v) is 7.66. The van der Waals surface area contributed by atoms with Crippen LogP contribution in [0.2, 0.25) is 0 Å². The number of nitrogens with one attached hydrogen (secondary N) is 1. The molecule has 1 aliphatic rings. The van der Waals surface area contributed by atoms with Gasteiger partial charge in [0.1, 0.15) is 6.04 Å². The van der Waals surface area contributed by atoms with Crippen molar-refractivity contribution in [3.63, 3.8) is 0 Å². The standard InChI is InChI=1S/C23H29N3O2/c1-17-6-4-8-20(14-17)16-25-10-12-26(13-11-25)23(28)19(3)24-22(27)21-9-5-7-18(2)15-21/h4-9,14-15,19H,10-13,16H2,1-3H3,(H,24,27)/t19-/m0/s1. The molecule has 2 amide bonds.